The first-order valence-corrected chi connectivity index (χ1v) is 7.19. The average molecular weight is 281 g/mol. The van der Waals surface area contributed by atoms with E-state index in [9.17, 15) is 9.59 Å². The van der Waals surface area contributed by atoms with Crippen LogP contribution in [0, 0.1) is 0 Å². The number of carbonyl (C=O) groups excluding carboxylic acids is 2. The van der Waals surface area contributed by atoms with Crippen LogP contribution in [0.5, 0.6) is 0 Å². The monoisotopic (exact) mass is 281 g/mol. The molecule has 0 heterocycles. The van der Waals surface area contributed by atoms with E-state index in [4.69, 9.17) is 4.74 Å². The van der Waals surface area contributed by atoms with E-state index in [0.717, 1.165) is 45.1 Å². The second-order valence-corrected chi connectivity index (χ2v) is 5.00. The van der Waals surface area contributed by atoms with Gasteiger partial charge < -0.3 is 9.64 Å². The van der Waals surface area contributed by atoms with E-state index in [1.165, 1.54) is 6.08 Å². The molecule has 0 N–H and O–H groups in total. The van der Waals surface area contributed by atoms with Crippen LogP contribution in [-0.2, 0) is 14.3 Å². The van der Waals surface area contributed by atoms with Crippen LogP contribution in [0.1, 0.15) is 45.4 Å². The van der Waals surface area contributed by atoms with E-state index >= 15 is 0 Å². The lowest BCUT2D eigenvalue weighted by Crippen LogP contribution is -2.25. The zero-order valence-electron chi connectivity index (χ0n) is 12.8. The Morgan fingerprint density at radius 2 is 1.65 bits per heavy atom. The number of rotatable bonds is 11. The predicted molar refractivity (Wildman–Crippen MR) is 81.3 cm³/mol. The summed E-state index contributed by atoms with van der Waals surface area (Å²) in [5.41, 5.74) is 0.447. The van der Waals surface area contributed by atoms with Crippen LogP contribution in [0.4, 0.5) is 0 Å². The summed E-state index contributed by atoms with van der Waals surface area (Å²) in [6.07, 6.45) is 7.69. The number of likely N-dealkylation sites (N-methyl/N-ethyl adjacent to an activating group) is 1. The lowest BCUT2D eigenvalue weighted by Gasteiger charge is -2.14. The molecule has 4 nitrogen and oxygen atoms in total. The van der Waals surface area contributed by atoms with E-state index < -0.39 is 0 Å². The van der Waals surface area contributed by atoms with Gasteiger partial charge in [0.1, 0.15) is 0 Å². The number of esters is 1. The Morgan fingerprint density at radius 1 is 1.10 bits per heavy atom. The molecule has 20 heavy (non-hydrogen) atoms. The summed E-state index contributed by atoms with van der Waals surface area (Å²) < 4.78 is 5.01. The fourth-order valence-corrected chi connectivity index (χ4v) is 1.71. The number of hydrogen-bond acceptors (Lipinski definition) is 3. The molecule has 0 bridgehead atoms. The van der Waals surface area contributed by atoms with Crippen molar-refractivity contribution in [3.05, 3.63) is 24.8 Å². The second kappa shape index (κ2) is 11.3. The molecule has 4 heteroatoms. The smallest absolute Gasteiger partial charge is 0.333 e. The van der Waals surface area contributed by atoms with Gasteiger partial charge in [-0.1, -0.05) is 38.8 Å². The van der Waals surface area contributed by atoms with Gasteiger partial charge in [0.05, 0.1) is 6.61 Å². The van der Waals surface area contributed by atoms with Crippen LogP contribution in [0.3, 0.4) is 0 Å². The molecule has 0 saturated carbocycles. The fraction of sp³-hybridized carbons (Fsp3) is 0.625. The average Bonchev–Trinajstić information content (AvgIpc) is 2.43. The quantitative estimate of drug-likeness (QED) is 0.332. The predicted octanol–water partition coefficient (Wildman–Crippen LogP) is 3.09. The SMILES string of the molecule is C=CC(=O)N(C)CCCCCCCCOC(=O)C(=C)C. The molecular weight excluding hydrogens is 254 g/mol. The van der Waals surface area contributed by atoms with Gasteiger partial charge in [0.15, 0.2) is 0 Å². The molecule has 1 amide bonds. The number of hydrogen-bond donors (Lipinski definition) is 0. The van der Waals surface area contributed by atoms with Crippen molar-refractivity contribution in [3.8, 4) is 0 Å². The Hall–Kier alpha value is -1.58. The summed E-state index contributed by atoms with van der Waals surface area (Å²) >= 11 is 0. The second-order valence-electron chi connectivity index (χ2n) is 5.00. The summed E-state index contributed by atoms with van der Waals surface area (Å²) in [5, 5.41) is 0. The maximum Gasteiger partial charge on any atom is 0.333 e. The molecule has 0 unspecified atom stereocenters. The molecule has 0 radical (unpaired) electrons. The summed E-state index contributed by atoms with van der Waals surface area (Å²) in [5.74, 6) is -0.329. The summed E-state index contributed by atoms with van der Waals surface area (Å²) in [6, 6.07) is 0. The number of amides is 1. The first-order valence-electron chi connectivity index (χ1n) is 7.19. The molecule has 0 aliphatic carbocycles. The first-order chi connectivity index (χ1) is 9.49. The molecule has 0 aromatic heterocycles. The lowest BCUT2D eigenvalue weighted by atomic mass is 10.1. The Labute approximate surface area is 122 Å². The van der Waals surface area contributed by atoms with Crippen molar-refractivity contribution in [2.45, 2.75) is 45.4 Å². The fourth-order valence-electron chi connectivity index (χ4n) is 1.71. The minimum absolute atomic E-state index is 0.0238. The van der Waals surface area contributed by atoms with Gasteiger partial charge in [-0.25, -0.2) is 4.79 Å². The molecule has 114 valence electrons. The Morgan fingerprint density at radius 3 is 2.20 bits per heavy atom. The third-order valence-corrected chi connectivity index (χ3v) is 3.02. The lowest BCUT2D eigenvalue weighted by molar-refractivity contribution is -0.139. The van der Waals surface area contributed by atoms with Crippen molar-refractivity contribution in [2.24, 2.45) is 0 Å². The molecule has 0 aliphatic rings. The van der Waals surface area contributed by atoms with Crippen LogP contribution in [0.2, 0.25) is 0 Å². The van der Waals surface area contributed by atoms with Gasteiger partial charge in [-0.05, 0) is 25.8 Å². The van der Waals surface area contributed by atoms with Crippen LogP contribution in [0.15, 0.2) is 24.8 Å². The highest BCUT2D eigenvalue weighted by atomic mass is 16.5. The van der Waals surface area contributed by atoms with E-state index in [1.54, 1.807) is 18.9 Å². The third kappa shape index (κ3) is 9.36. The molecule has 0 saturated heterocycles. The van der Waals surface area contributed by atoms with Gasteiger partial charge in [0, 0.05) is 19.2 Å². The maximum atomic E-state index is 11.2. The van der Waals surface area contributed by atoms with Crippen molar-refractivity contribution in [1.82, 2.24) is 4.90 Å². The minimum Gasteiger partial charge on any atom is -0.462 e. The van der Waals surface area contributed by atoms with Crippen molar-refractivity contribution < 1.29 is 14.3 Å². The van der Waals surface area contributed by atoms with Gasteiger partial charge in [0.25, 0.3) is 0 Å². The van der Waals surface area contributed by atoms with Crippen molar-refractivity contribution >= 4 is 11.9 Å². The van der Waals surface area contributed by atoms with Crippen LogP contribution in [-0.4, -0.2) is 37.0 Å². The van der Waals surface area contributed by atoms with E-state index in [1.807, 2.05) is 0 Å². The summed E-state index contributed by atoms with van der Waals surface area (Å²) in [6.45, 7) is 9.89. The molecule has 0 aromatic rings. The highest BCUT2D eigenvalue weighted by Crippen LogP contribution is 2.06. The normalized spacial score (nSPS) is 9.90. The van der Waals surface area contributed by atoms with Gasteiger partial charge in [-0.3, -0.25) is 4.79 Å². The van der Waals surface area contributed by atoms with Crippen LogP contribution >= 0.6 is 0 Å². The van der Waals surface area contributed by atoms with E-state index in [-0.39, 0.29) is 11.9 Å². The van der Waals surface area contributed by atoms with Gasteiger partial charge in [0.2, 0.25) is 5.91 Å². The van der Waals surface area contributed by atoms with Crippen molar-refractivity contribution in [1.29, 1.82) is 0 Å². The summed E-state index contributed by atoms with van der Waals surface area (Å²) in [7, 11) is 1.79. The molecule has 0 spiro atoms. The van der Waals surface area contributed by atoms with Crippen LogP contribution in [0.25, 0.3) is 0 Å². The topological polar surface area (TPSA) is 46.6 Å². The highest BCUT2D eigenvalue weighted by molar-refractivity contribution is 5.87. The molecule has 0 rings (SSSR count). The molecule has 0 atom stereocenters. The summed E-state index contributed by atoms with van der Waals surface area (Å²) in [4.78, 5) is 24.0. The van der Waals surface area contributed by atoms with Crippen LogP contribution < -0.4 is 0 Å². The van der Waals surface area contributed by atoms with Gasteiger partial charge in [-0.15, -0.1) is 0 Å². The number of unbranched alkanes of at least 4 members (excludes halogenated alkanes) is 5. The van der Waals surface area contributed by atoms with Crippen molar-refractivity contribution in [3.63, 3.8) is 0 Å². The number of ether oxygens (including phenoxy) is 1. The van der Waals surface area contributed by atoms with E-state index in [2.05, 4.69) is 13.2 Å². The standard InChI is InChI=1S/C16H27NO3/c1-5-15(18)17(4)12-10-8-6-7-9-11-13-20-16(19)14(2)3/h5H,1-2,6-13H2,3-4H3. The zero-order valence-corrected chi connectivity index (χ0v) is 12.8. The molecule has 0 fully saturated rings. The van der Waals surface area contributed by atoms with Gasteiger partial charge >= 0.3 is 5.97 Å². The largest absolute Gasteiger partial charge is 0.462 e. The number of nitrogens with zero attached hydrogens (tertiary/aromatic N) is 1. The molecule has 0 aliphatic heterocycles. The minimum atomic E-state index is -0.306. The third-order valence-electron chi connectivity index (χ3n) is 3.02. The Kier molecular flexibility index (Phi) is 10.4. The van der Waals surface area contributed by atoms with Gasteiger partial charge in [-0.2, -0.15) is 0 Å². The molecular formula is C16H27NO3. The Bertz CT molecular complexity index is 337. The molecule has 0 aromatic carbocycles. The van der Waals surface area contributed by atoms with E-state index in [0.29, 0.717) is 12.2 Å². The highest BCUT2D eigenvalue weighted by Gasteiger charge is 2.03. The maximum absolute atomic E-state index is 11.2. The zero-order chi connectivity index (χ0) is 15.4. The number of carbonyl (C=O) groups is 2. The first kappa shape index (κ1) is 18.4. The Balaban J connectivity index is 3.33. The van der Waals surface area contributed by atoms with Crippen molar-refractivity contribution in [2.75, 3.05) is 20.2 Å².